The first kappa shape index (κ1) is 14.6. The number of hydrogen-bond acceptors (Lipinski definition) is 5. The number of carboxylic acids is 1. The summed E-state index contributed by atoms with van der Waals surface area (Å²) >= 11 is 0. The van der Waals surface area contributed by atoms with E-state index in [0.29, 0.717) is 25.2 Å². The van der Waals surface area contributed by atoms with Crippen molar-refractivity contribution < 1.29 is 18.7 Å². The molecular weight excluding hydrogens is 296 g/mol. The van der Waals surface area contributed by atoms with Crippen LogP contribution in [0.5, 0.6) is 0 Å². The normalized spacial score (nSPS) is 22.5. The molecule has 2 aromatic rings. The van der Waals surface area contributed by atoms with E-state index in [4.69, 9.17) is 0 Å². The van der Waals surface area contributed by atoms with Crippen molar-refractivity contribution >= 4 is 17.4 Å². The van der Waals surface area contributed by atoms with Crippen LogP contribution in [0, 0.1) is 5.41 Å². The van der Waals surface area contributed by atoms with Gasteiger partial charge in [0.15, 0.2) is 5.65 Å². The average molecular weight is 311 g/mol. The molecule has 0 spiro atoms. The first-order chi connectivity index (χ1) is 10.4. The van der Waals surface area contributed by atoms with Crippen molar-refractivity contribution in [2.75, 3.05) is 18.0 Å². The van der Waals surface area contributed by atoms with Gasteiger partial charge in [0.05, 0.1) is 5.41 Å². The molecule has 1 unspecified atom stereocenters. The summed E-state index contributed by atoms with van der Waals surface area (Å²) in [5.74, 6) is -0.938. The predicted molar refractivity (Wildman–Crippen MR) is 72.9 cm³/mol. The molecule has 0 saturated carbocycles. The average Bonchev–Trinajstić information content (AvgIpc) is 2.90. The molecule has 118 valence electrons. The van der Waals surface area contributed by atoms with Gasteiger partial charge in [-0.05, 0) is 31.9 Å². The Labute approximate surface area is 124 Å². The van der Waals surface area contributed by atoms with E-state index in [1.165, 1.54) is 0 Å². The van der Waals surface area contributed by atoms with E-state index in [2.05, 4.69) is 15.3 Å². The fraction of sp³-hybridized carbons (Fsp3) is 0.538. The summed E-state index contributed by atoms with van der Waals surface area (Å²) < 4.78 is 26.8. The fourth-order valence-electron chi connectivity index (χ4n) is 2.71. The van der Waals surface area contributed by atoms with Gasteiger partial charge in [-0.25, -0.2) is 8.78 Å². The Morgan fingerprint density at radius 1 is 1.41 bits per heavy atom. The van der Waals surface area contributed by atoms with Crippen molar-refractivity contribution in [1.82, 2.24) is 19.8 Å². The Morgan fingerprint density at radius 3 is 2.86 bits per heavy atom. The zero-order chi connectivity index (χ0) is 15.9. The minimum absolute atomic E-state index is 0.233. The van der Waals surface area contributed by atoms with Crippen LogP contribution >= 0.6 is 0 Å². The van der Waals surface area contributed by atoms with E-state index in [0.717, 1.165) is 4.52 Å². The second-order valence-electron chi connectivity index (χ2n) is 5.71. The van der Waals surface area contributed by atoms with Crippen molar-refractivity contribution in [2.24, 2.45) is 5.41 Å². The van der Waals surface area contributed by atoms with Gasteiger partial charge in [0, 0.05) is 13.1 Å². The SMILES string of the molecule is CC1(C(=O)O)CCCN(c2ccc3nnc(C(F)F)n3n2)C1. The number of anilines is 1. The highest BCUT2D eigenvalue weighted by Gasteiger charge is 2.38. The van der Waals surface area contributed by atoms with Gasteiger partial charge in [-0.3, -0.25) is 4.79 Å². The number of aromatic nitrogens is 4. The smallest absolute Gasteiger partial charge is 0.311 e. The van der Waals surface area contributed by atoms with Crippen LogP contribution in [-0.2, 0) is 4.79 Å². The third kappa shape index (κ3) is 2.36. The predicted octanol–water partition coefficient (Wildman–Crippen LogP) is 1.75. The van der Waals surface area contributed by atoms with Crippen LogP contribution < -0.4 is 4.90 Å². The van der Waals surface area contributed by atoms with Gasteiger partial charge in [0.1, 0.15) is 5.82 Å². The molecule has 1 fully saturated rings. The summed E-state index contributed by atoms with van der Waals surface area (Å²) in [6, 6.07) is 3.20. The molecule has 2 aromatic heterocycles. The van der Waals surface area contributed by atoms with Crippen LogP contribution in [0.2, 0.25) is 0 Å². The van der Waals surface area contributed by atoms with E-state index in [1.54, 1.807) is 24.0 Å². The van der Waals surface area contributed by atoms with E-state index in [1.807, 2.05) is 0 Å². The molecule has 0 aliphatic carbocycles. The summed E-state index contributed by atoms with van der Waals surface area (Å²) in [6.45, 7) is 2.60. The molecular formula is C13H15F2N5O2. The van der Waals surface area contributed by atoms with Crippen molar-refractivity contribution in [3.63, 3.8) is 0 Å². The summed E-state index contributed by atoms with van der Waals surface area (Å²) in [5, 5.41) is 20.6. The minimum atomic E-state index is -2.77. The maximum atomic E-state index is 12.9. The number of aliphatic carboxylic acids is 1. The number of halogens is 2. The molecule has 22 heavy (non-hydrogen) atoms. The monoisotopic (exact) mass is 311 g/mol. The molecule has 7 nitrogen and oxygen atoms in total. The number of fused-ring (bicyclic) bond motifs is 1. The van der Waals surface area contributed by atoms with Crippen LogP contribution in [0.25, 0.3) is 5.65 Å². The molecule has 3 rings (SSSR count). The zero-order valence-corrected chi connectivity index (χ0v) is 11.9. The van der Waals surface area contributed by atoms with Gasteiger partial charge >= 0.3 is 5.97 Å². The largest absolute Gasteiger partial charge is 0.481 e. The number of rotatable bonds is 3. The third-order valence-corrected chi connectivity index (χ3v) is 4.00. The topological polar surface area (TPSA) is 83.6 Å². The van der Waals surface area contributed by atoms with E-state index >= 15 is 0 Å². The van der Waals surface area contributed by atoms with Gasteiger partial charge in [-0.1, -0.05) is 0 Å². The second-order valence-corrected chi connectivity index (χ2v) is 5.71. The Hall–Kier alpha value is -2.32. The van der Waals surface area contributed by atoms with Crippen LogP contribution in [0.3, 0.4) is 0 Å². The van der Waals surface area contributed by atoms with Crippen LogP contribution in [0.15, 0.2) is 12.1 Å². The fourth-order valence-corrected chi connectivity index (χ4v) is 2.71. The molecule has 0 amide bonds. The maximum absolute atomic E-state index is 12.9. The summed E-state index contributed by atoms with van der Waals surface area (Å²) in [7, 11) is 0. The zero-order valence-electron chi connectivity index (χ0n) is 11.9. The molecule has 9 heteroatoms. The lowest BCUT2D eigenvalue weighted by Gasteiger charge is -2.38. The van der Waals surface area contributed by atoms with Crippen LogP contribution in [0.1, 0.15) is 32.0 Å². The molecule has 0 radical (unpaired) electrons. The summed E-state index contributed by atoms with van der Waals surface area (Å²) in [4.78, 5) is 13.2. The van der Waals surface area contributed by atoms with Gasteiger partial charge in [-0.2, -0.15) is 4.52 Å². The lowest BCUT2D eigenvalue weighted by molar-refractivity contribution is -0.148. The van der Waals surface area contributed by atoms with Crippen LogP contribution in [-0.4, -0.2) is 44.0 Å². The van der Waals surface area contributed by atoms with E-state index in [-0.39, 0.29) is 12.2 Å². The van der Waals surface area contributed by atoms with E-state index < -0.39 is 23.6 Å². The molecule has 1 N–H and O–H groups in total. The standard InChI is InChI=1S/C13H15F2N5O2/c1-13(12(21)22)5-2-6-19(7-13)9-4-3-8-16-17-11(10(14)15)20(8)18-9/h3-4,10H,2,5-7H2,1H3,(H,21,22). The number of carbonyl (C=O) groups is 1. The molecule has 1 aliphatic heterocycles. The maximum Gasteiger partial charge on any atom is 0.311 e. The first-order valence-electron chi connectivity index (χ1n) is 6.89. The number of piperidine rings is 1. The lowest BCUT2D eigenvalue weighted by atomic mass is 9.82. The highest BCUT2D eigenvalue weighted by atomic mass is 19.3. The molecule has 1 saturated heterocycles. The first-order valence-corrected chi connectivity index (χ1v) is 6.89. The van der Waals surface area contributed by atoms with Crippen molar-refractivity contribution in [2.45, 2.75) is 26.2 Å². The summed E-state index contributed by atoms with van der Waals surface area (Å²) in [6.07, 6.45) is -1.49. The lowest BCUT2D eigenvalue weighted by Crippen LogP contribution is -2.46. The van der Waals surface area contributed by atoms with Gasteiger partial charge in [0.2, 0.25) is 5.82 Å². The Balaban J connectivity index is 1.96. The highest BCUT2D eigenvalue weighted by molar-refractivity contribution is 5.75. The Kier molecular flexibility index (Phi) is 3.42. The Morgan fingerprint density at radius 2 is 2.18 bits per heavy atom. The third-order valence-electron chi connectivity index (χ3n) is 4.00. The molecule has 3 heterocycles. The number of nitrogens with zero attached hydrogens (tertiary/aromatic N) is 5. The van der Waals surface area contributed by atoms with Gasteiger partial charge in [-0.15, -0.1) is 15.3 Å². The molecule has 0 aromatic carbocycles. The van der Waals surface area contributed by atoms with Gasteiger partial charge in [0.25, 0.3) is 6.43 Å². The Bertz CT molecular complexity index is 720. The van der Waals surface area contributed by atoms with Crippen molar-refractivity contribution in [3.05, 3.63) is 18.0 Å². The highest BCUT2D eigenvalue weighted by Crippen LogP contribution is 2.32. The van der Waals surface area contributed by atoms with Crippen LogP contribution in [0.4, 0.5) is 14.6 Å². The van der Waals surface area contributed by atoms with Crippen molar-refractivity contribution in [1.29, 1.82) is 0 Å². The van der Waals surface area contributed by atoms with E-state index in [9.17, 15) is 18.7 Å². The quantitative estimate of drug-likeness (QED) is 0.930. The number of hydrogen-bond donors (Lipinski definition) is 1. The molecule has 1 atom stereocenters. The second kappa shape index (κ2) is 5.15. The molecule has 0 bridgehead atoms. The van der Waals surface area contributed by atoms with Gasteiger partial charge < -0.3 is 10.0 Å². The number of carboxylic acid groups (broad SMARTS) is 1. The minimum Gasteiger partial charge on any atom is -0.481 e. The summed E-state index contributed by atoms with van der Waals surface area (Å²) in [5.41, 5.74) is -0.634. The number of alkyl halides is 2. The molecule has 1 aliphatic rings. The van der Waals surface area contributed by atoms with Crippen molar-refractivity contribution in [3.8, 4) is 0 Å².